The van der Waals surface area contributed by atoms with Crippen LogP contribution >= 0.6 is 11.3 Å². The van der Waals surface area contributed by atoms with E-state index in [9.17, 15) is 9.65 Å². The van der Waals surface area contributed by atoms with Crippen LogP contribution < -0.4 is 0 Å². The lowest BCUT2D eigenvalue weighted by molar-refractivity contribution is 0.628. The summed E-state index contributed by atoms with van der Waals surface area (Å²) in [6, 6.07) is 20.4. The minimum atomic E-state index is -0.251. The summed E-state index contributed by atoms with van der Waals surface area (Å²) in [5.74, 6) is 0.393. The van der Waals surface area contributed by atoms with Crippen LogP contribution in [0, 0.1) is 17.1 Å². The van der Waals surface area contributed by atoms with Crippen LogP contribution in [0.25, 0.3) is 33.1 Å². The summed E-state index contributed by atoms with van der Waals surface area (Å²) < 4.78 is 15.0. The largest absolute Gasteiger partial charge is 0.327 e. The molecule has 0 fully saturated rings. The van der Waals surface area contributed by atoms with E-state index < -0.39 is 0 Å². The topological polar surface area (TPSA) is 41.6 Å². The van der Waals surface area contributed by atoms with Crippen LogP contribution in [0.1, 0.15) is 10.7 Å². The fourth-order valence-corrected chi connectivity index (χ4v) is 3.83. The zero-order chi connectivity index (χ0) is 18.1. The lowest BCUT2D eigenvalue weighted by atomic mass is 10.2. The average Bonchev–Trinajstić information content (AvgIpc) is 3.26. The van der Waals surface area contributed by atoms with Crippen LogP contribution in [0.3, 0.4) is 0 Å². The molecule has 26 heavy (non-hydrogen) atoms. The van der Waals surface area contributed by atoms with Crippen LogP contribution in [-0.4, -0.2) is 9.55 Å². The number of nitrogens with zero attached hydrogens (tertiary/aromatic N) is 3. The predicted octanol–water partition coefficient (Wildman–Crippen LogP) is 5.51. The third-order valence-electron chi connectivity index (χ3n) is 4.19. The average molecular weight is 359 g/mol. The Hall–Kier alpha value is -3.23. The summed E-state index contributed by atoms with van der Waals surface area (Å²) in [7, 11) is 1.91. The molecular formula is C21H14FN3S. The Morgan fingerprint density at radius 2 is 1.88 bits per heavy atom. The molecule has 0 aliphatic heterocycles. The summed E-state index contributed by atoms with van der Waals surface area (Å²) in [5, 5.41) is 9.64. The van der Waals surface area contributed by atoms with Gasteiger partial charge < -0.3 is 4.57 Å². The number of benzene rings is 2. The number of allylic oxidation sites excluding steroid dienone is 1. The quantitative estimate of drug-likeness (QED) is 0.453. The number of hydrogen-bond donors (Lipinski definition) is 0. The van der Waals surface area contributed by atoms with Gasteiger partial charge in [-0.15, -0.1) is 11.3 Å². The van der Waals surface area contributed by atoms with E-state index in [-0.39, 0.29) is 5.82 Å². The van der Waals surface area contributed by atoms with Crippen molar-refractivity contribution in [2.75, 3.05) is 0 Å². The van der Waals surface area contributed by atoms with E-state index >= 15 is 0 Å². The molecule has 0 saturated heterocycles. The van der Waals surface area contributed by atoms with Gasteiger partial charge in [-0.05, 0) is 48.0 Å². The van der Waals surface area contributed by atoms with Gasteiger partial charge in [-0.25, -0.2) is 9.37 Å². The Bertz CT molecular complexity index is 1160. The number of halogens is 1. The second kappa shape index (κ2) is 6.58. The Labute approximate surface area is 154 Å². The summed E-state index contributed by atoms with van der Waals surface area (Å²) in [4.78, 5) is 6.57. The summed E-state index contributed by atoms with van der Waals surface area (Å²) in [5.41, 5.74) is 3.32. The molecule has 4 rings (SSSR count). The van der Waals surface area contributed by atoms with Crippen molar-refractivity contribution in [1.82, 2.24) is 9.55 Å². The highest BCUT2D eigenvalue weighted by atomic mass is 32.1. The molecule has 0 aliphatic carbocycles. The lowest BCUT2D eigenvalue weighted by Gasteiger charge is -2.00. The van der Waals surface area contributed by atoms with Gasteiger partial charge in [0.1, 0.15) is 11.9 Å². The maximum absolute atomic E-state index is 13.1. The molecule has 0 amide bonds. The summed E-state index contributed by atoms with van der Waals surface area (Å²) in [6.45, 7) is 0. The molecule has 0 radical (unpaired) electrons. The van der Waals surface area contributed by atoms with E-state index in [1.165, 1.54) is 12.1 Å². The normalized spacial score (nSPS) is 11.7. The van der Waals surface area contributed by atoms with Crippen molar-refractivity contribution in [1.29, 1.82) is 5.26 Å². The number of fused-ring (bicyclic) bond motifs is 1. The van der Waals surface area contributed by atoms with Gasteiger partial charge in [-0.1, -0.05) is 24.3 Å². The maximum Gasteiger partial charge on any atom is 0.151 e. The monoisotopic (exact) mass is 359 g/mol. The second-order valence-corrected chi connectivity index (χ2v) is 6.98. The molecule has 126 valence electrons. The van der Waals surface area contributed by atoms with Crippen molar-refractivity contribution in [2.24, 2.45) is 7.05 Å². The molecule has 0 bridgehead atoms. The molecule has 2 aromatic carbocycles. The van der Waals surface area contributed by atoms with Crippen molar-refractivity contribution < 1.29 is 4.39 Å². The third kappa shape index (κ3) is 2.92. The molecular weight excluding hydrogens is 345 g/mol. The van der Waals surface area contributed by atoms with Crippen molar-refractivity contribution in [3.8, 4) is 16.5 Å². The molecule has 3 nitrogen and oxygen atoms in total. The molecule has 0 aliphatic rings. The molecule has 0 atom stereocenters. The highest BCUT2D eigenvalue weighted by Crippen LogP contribution is 2.31. The van der Waals surface area contributed by atoms with Gasteiger partial charge in [0.05, 0.1) is 16.6 Å². The van der Waals surface area contributed by atoms with Gasteiger partial charge in [0, 0.05) is 16.8 Å². The second-order valence-electron chi connectivity index (χ2n) is 5.86. The summed E-state index contributed by atoms with van der Waals surface area (Å²) in [6.07, 6.45) is 1.85. The van der Waals surface area contributed by atoms with Gasteiger partial charge in [0.15, 0.2) is 5.82 Å². The number of imidazole rings is 1. The third-order valence-corrected chi connectivity index (χ3v) is 5.27. The predicted molar refractivity (Wildman–Crippen MR) is 104 cm³/mol. The Balaban J connectivity index is 1.73. The lowest BCUT2D eigenvalue weighted by Crippen LogP contribution is -1.95. The van der Waals surface area contributed by atoms with Crippen LogP contribution in [0.15, 0.2) is 60.7 Å². The highest BCUT2D eigenvalue weighted by molar-refractivity contribution is 7.16. The van der Waals surface area contributed by atoms with Crippen LogP contribution in [0.4, 0.5) is 4.39 Å². The van der Waals surface area contributed by atoms with Gasteiger partial charge >= 0.3 is 0 Å². The van der Waals surface area contributed by atoms with E-state index in [1.54, 1.807) is 23.5 Å². The molecule has 5 heteroatoms. The van der Waals surface area contributed by atoms with Crippen molar-refractivity contribution in [3.63, 3.8) is 0 Å². The van der Waals surface area contributed by atoms with E-state index in [0.717, 1.165) is 26.4 Å². The zero-order valence-corrected chi connectivity index (χ0v) is 14.8. The smallest absolute Gasteiger partial charge is 0.151 e. The molecule has 4 aromatic rings. The number of para-hydroxylation sites is 2. The number of aromatic nitrogens is 2. The van der Waals surface area contributed by atoms with Crippen LogP contribution in [0.5, 0.6) is 0 Å². The van der Waals surface area contributed by atoms with E-state index in [1.807, 2.05) is 54.1 Å². The fraction of sp³-hybridized carbons (Fsp3) is 0.0476. The van der Waals surface area contributed by atoms with Crippen LogP contribution in [0.2, 0.25) is 0 Å². The van der Waals surface area contributed by atoms with Gasteiger partial charge in [0.2, 0.25) is 0 Å². The van der Waals surface area contributed by atoms with Gasteiger partial charge in [-0.3, -0.25) is 0 Å². The van der Waals surface area contributed by atoms with E-state index in [4.69, 9.17) is 0 Å². The van der Waals surface area contributed by atoms with Crippen molar-refractivity contribution in [3.05, 3.63) is 77.2 Å². The minimum absolute atomic E-state index is 0.251. The standard InChI is InChI=1S/C21H14FN3S/c1-25-19-5-3-2-4-18(19)24-21(25)15(13-23)12-17-10-11-20(26-17)14-6-8-16(22)9-7-14/h2-12H,1H3/b15-12+. The minimum Gasteiger partial charge on any atom is -0.327 e. The number of thiophene rings is 1. The first kappa shape index (κ1) is 16.2. The van der Waals surface area contributed by atoms with Crippen LogP contribution in [-0.2, 0) is 7.05 Å². The maximum atomic E-state index is 13.1. The molecule has 0 spiro atoms. The zero-order valence-electron chi connectivity index (χ0n) is 14.0. The van der Waals surface area contributed by atoms with E-state index in [2.05, 4.69) is 11.1 Å². The van der Waals surface area contributed by atoms with Gasteiger partial charge in [0.25, 0.3) is 0 Å². The number of aryl methyl sites for hydroxylation is 1. The number of nitriles is 1. The van der Waals surface area contributed by atoms with Gasteiger partial charge in [-0.2, -0.15) is 5.26 Å². The first-order chi connectivity index (χ1) is 12.7. The SMILES string of the molecule is Cn1c(/C(C#N)=C/c2ccc(-c3ccc(F)cc3)s2)nc2ccccc21. The molecule has 0 unspecified atom stereocenters. The first-order valence-electron chi connectivity index (χ1n) is 8.05. The number of rotatable bonds is 3. The Morgan fingerprint density at radius 1 is 1.12 bits per heavy atom. The molecule has 0 saturated carbocycles. The Morgan fingerprint density at radius 3 is 2.62 bits per heavy atom. The molecule has 2 heterocycles. The van der Waals surface area contributed by atoms with Crippen molar-refractivity contribution >= 4 is 34.0 Å². The van der Waals surface area contributed by atoms with Crippen molar-refractivity contribution in [2.45, 2.75) is 0 Å². The fourth-order valence-electron chi connectivity index (χ4n) is 2.88. The molecule has 2 aromatic heterocycles. The Kier molecular flexibility index (Phi) is 4.11. The van der Waals surface area contributed by atoms with E-state index in [0.29, 0.717) is 11.4 Å². The molecule has 0 N–H and O–H groups in total. The summed E-state index contributed by atoms with van der Waals surface area (Å²) >= 11 is 1.56. The first-order valence-corrected chi connectivity index (χ1v) is 8.87. The highest BCUT2D eigenvalue weighted by Gasteiger charge is 2.12. The number of hydrogen-bond acceptors (Lipinski definition) is 3.